The van der Waals surface area contributed by atoms with E-state index < -0.39 is 15.8 Å². The van der Waals surface area contributed by atoms with Crippen LogP contribution in [0.2, 0.25) is 0 Å². The quantitative estimate of drug-likeness (QED) is 0.778. The van der Waals surface area contributed by atoms with Crippen molar-refractivity contribution in [2.45, 2.75) is 17.1 Å². The topological polar surface area (TPSA) is 66.5 Å². The maximum Gasteiger partial charge on any atom is 0.252 e. The van der Waals surface area contributed by atoms with Gasteiger partial charge in [0.05, 0.1) is 3.79 Å². The van der Waals surface area contributed by atoms with Crippen molar-refractivity contribution in [2.75, 3.05) is 18.4 Å². The van der Waals surface area contributed by atoms with Crippen LogP contribution in [0.15, 0.2) is 44.4 Å². The van der Waals surface area contributed by atoms with E-state index in [0.29, 0.717) is 35.8 Å². The molecule has 1 saturated heterocycles. The van der Waals surface area contributed by atoms with Gasteiger partial charge in [-0.05, 0) is 59.1 Å². The van der Waals surface area contributed by atoms with Gasteiger partial charge >= 0.3 is 0 Å². The summed E-state index contributed by atoms with van der Waals surface area (Å²) in [7, 11) is -3.51. The number of nitrogens with zero attached hydrogens (tertiary/aromatic N) is 1. The smallest absolute Gasteiger partial charge is 0.252 e. The number of anilines is 1. The Balaban J connectivity index is 1.61. The lowest BCUT2D eigenvalue weighted by atomic mass is 9.97. The number of hydrogen-bond acceptors (Lipinski definition) is 4. The van der Waals surface area contributed by atoms with E-state index in [-0.39, 0.29) is 11.8 Å². The van der Waals surface area contributed by atoms with Crippen molar-refractivity contribution in [3.05, 3.63) is 46.0 Å². The lowest BCUT2D eigenvalue weighted by Crippen LogP contribution is -2.41. The van der Waals surface area contributed by atoms with E-state index in [9.17, 15) is 17.6 Å². The number of amides is 1. The van der Waals surface area contributed by atoms with Crippen LogP contribution in [0.1, 0.15) is 12.8 Å². The zero-order valence-corrected chi connectivity index (χ0v) is 16.3. The number of piperidine rings is 1. The van der Waals surface area contributed by atoms with Crippen LogP contribution >= 0.6 is 27.3 Å². The Morgan fingerprint density at radius 2 is 1.96 bits per heavy atom. The van der Waals surface area contributed by atoms with Crippen molar-refractivity contribution in [2.24, 2.45) is 5.92 Å². The average Bonchev–Trinajstić information content (AvgIpc) is 3.02. The van der Waals surface area contributed by atoms with E-state index >= 15 is 0 Å². The lowest BCUT2D eigenvalue weighted by molar-refractivity contribution is -0.120. The number of carbonyl (C=O) groups excluding carboxylic acids is 1. The highest BCUT2D eigenvalue weighted by Gasteiger charge is 2.32. The van der Waals surface area contributed by atoms with Crippen LogP contribution in [0.5, 0.6) is 0 Å². The molecule has 0 spiro atoms. The lowest BCUT2D eigenvalue weighted by Gasteiger charge is -2.30. The second kappa shape index (κ2) is 7.53. The minimum Gasteiger partial charge on any atom is -0.326 e. The average molecular weight is 447 g/mol. The van der Waals surface area contributed by atoms with Gasteiger partial charge in [-0.25, -0.2) is 12.8 Å². The molecule has 9 heteroatoms. The van der Waals surface area contributed by atoms with Crippen LogP contribution in [0.25, 0.3) is 0 Å². The van der Waals surface area contributed by atoms with Crippen molar-refractivity contribution in [1.82, 2.24) is 4.31 Å². The molecule has 1 aromatic heterocycles. The summed E-state index contributed by atoms with van der Waals surface area (Å²) in [5.74, 6) is -0.910. The zero-order valence-electron chi connectivity index (χ0n) is 13.1. The normalized spacial score (nSPS) is 16.7. The third-order valence-corrected chi connectivity index (χ3v) is 8.05. The third-order valence-electron chi connectivity index (χ3n) is 4.06. The molecule has 1 N–H and O–H groups in total. The number of carbonyl (C=O) groups is 1. The Kier molecular flexibility index (Phi) is 5.57. The highest BCUT2D eigenvalue weighted by atomic mass is 79.9. The molecule has 1 aromatic carbocycles. The molecular weight excluding hydrogens is 431 g/mol. The molecule has 5 nitrogen and oxygen atoms in total. The van der Waals surface area contributed by atoms with E-state index in [4.69, 9.17) is 0 Å². The van der Waals surface area contributed by atoms with Crippen LogP contribution < -0.4 is 5.32 Å². The summed E-state index contributed by atoms with van der Waals surface area (Å²) >= 11 is 4.44. The Bertz CT molecular complexity index is 877. The van der Waals surface area contributed by atoms with Crippen molar-refractivity contribution in [3.8, 4) is 0 Å². The molecule has 1 aliphatic rings. The third kappa shape index (κ3) is 4.28. The summed E-state index contributed by atoms with van der Waals surface area (Å²) in [4.78, 5) is 12.3. The molecule has 0 atom stereocenters. The minimum atomic E-state index is -3.51. The second-order valence-corrected chi connectivity index (χ2v) is 10.4. The zero-order chi connectivity index (χ0) is 18.0. The van der Waals surface area contributed by atoms with Crippen molar-refractivity contribution in [3.63, 3.8) is 0 Å². The van der Waals surface area contributed by atoms with Gasteiger partial charge < -0.3 is 5.32 Å². The Morgan fingerprint density at radius 1 is 1.24 bits per heavy atom. The highest BCUT2D eigenvalue weighted by molar-refractivity contribution is 9.11. The fraction of sp³-hybridized carbons (Fsp3) is 0.312. The largest absolute Gasteiger partial charge is 0.326 e. The van der Waals surface area contributed by atoms with Gasteiger partial charge in [0.2, 0.25) is 5.91 Å². The first-order valence-electron chi connectivity index (χ1n) is 7.68. The number of rotatable bonds is 4. The van der Waals surface area contributed by atoms with Gasteiger partial charge in [0, 0.05) is 24.7 Å². The van der Waals surface area contributed by atoms with Crippen molar-refractivity contribution >= 4 is 48.9 Å². The summed E-state index contributed by atoms with van der Waals surface area (Å²) in [6.45, 7) is 0.582. The molecule has 0 unspecified atom stereocenters. The molecule has 0 aliphatic carbocycles. The van der Waals surface area contributed by atoms with Crippen LogP contribution in [0, 0.1) is 11.7 Å². The molecule has 2 heterocycles. The first-order chi connectivity index (χ1) is 11.9. The summed E-state index contributed by atoms with van der Waals surface area (Å²) in [6.07, 6.45) is 0.875. The van der Waals surface area contributed by atoms with Gasteiger partial charge in [-0.15, -0.1) is 11.3 Å². The van der Waals surface area contributed by atoms with E-state index in [1.807, 2.05) is 0 Å². The van der Waals surface area contributed by atoms with Gasteiger partial charge in [-0.1, -0.05) is 6.07 Å². The van der Waals surface area contributed by atoms with E-state index in [0.717, 1.165) is 3.79 Å². The second-order valence-electron chi connectivity index (χ2n) is 5.74. The maximum atomic E-state index is 13.2. The SMILES string of the molecule is O=C(Nc1cccc(F)c1)C1CCN(S(=O)(=O)c2ccc(Br)s2)CC1. The van der Waals surface area contributed by atoms with Crippen molar-refractivity contribution in [1.29, 1.82) is 0 Å². The Morgan fingerprint density at radius 3 is 2.56 bits per heavy atom. The molecule has 134 valence electrons. The van der Waals surface area contributed by atoms with Crippen LogP contribution in [-0.2, 0) is 14.8 Å². The monoisotopic (exact) mass is 446 g/mol. The summed E-state index contributed by atoms with van der Waals surface area (Å²) in [6, 6.07) is 8.99. The maximum absolute atomic E-state index is 13.2. The van der Waals surface area contributed by atoms with Gasteiger partial charge in [0.25, 0.3) is 10.0 Å². The van der Waals surface area contributed by atoms with Gasteiger partial charge in [0.15, 0.2) is 0 Å². The van der Waals surface area contributed by atoms with Crippen molar-refractivity contribution < 1.29 is 17.6 Å². The summed E-state index contributed by atoms with van der Waals surface area (Å²) < 4.78 is 40.8. The minimum absolute atomic E-state index is 0.207. The molecule has 0 bridgehead atoms. The van der Waals surface area contributed by atoms with Gasteiger partial charge in [-0.2, -0.15) is 4.31 Å². The molecule has 1 aliphatic heterocycles. The number of thiophene rings is 1. The predicted octanol–water partition coefficient (Wildman–Crippen LogP) is 3.69. The van der Waals surface area contributed by atoms with Gasteiger partial charge in [0.1, 0.15) is 10.0 Å². The Labute approximate surface area is 158 Å². The van der Waals surface area contributed by atoms with E-state index in [2.05, 4.69) is 21.2 Å². The standard InChI is InChI=1S/C16H16BrFN2O3S2/c17-14-4-5-15(24-14)25(22,23)20-8-6-11(7-9-20)16(21)19-13-3-1-2-12(18)10-13/h1-5,10-11H,6-9H2,(H,19,21). The van der Waals surface area contributed by atoms with E-state index in [1.54, 1.807) is 18.2 Å². The number of halogens is 2. The number of sulfonamides is 1. The number of nitrogens with one attached hydrogen (secondary N) is 1. The highest BCUT2D eigenvalue weighted by Crippen LogP contribution is 2.31. The fourth-order valence-electron chi connectivity index (χ4n) is 2.73. The molecule has 25 heavy (non-hydrogen) atoms. The molecule has 0 saturated carbocycles. The molecule has 3 rings (SSSR count). The summed E-state index contributed by atoms with van der Waals surface area (Å²) in [5, 5.41) is 2.69. The van der Waals surface area contributed by atoms with Gasteiger partial charge in [-0.3, -0.25) is 4.79 Å². The summed E-state index contributed by atoms with van der Waals surface area (Å²) in [5.41, 5.74) is 0.406. The molecular formula is C16H16BrFN2O3S2. The number of hydrogen-bond donors (Lipinski definition) is 1. The molecule has 1 amide bonds. The predicted molar refractivity (Wildman–Crippen MR) is 98.5 cm³/mol. The first kappa shape index (κ1) is 18.5. The first-order valence-corrected chi connectivity index (χ1v) is 10.7. The van der Waals surface area contributed by atoms with Crippen LogP contribution in [0.3, 0.4) is 0 Å². The Hall–Kier alpha value is -1.29. The van der Waals surface area contributed by atoms with Crippen LogP contribution in [-0.4, -0.2) is 31.7 Å². The van der Waals surface area contributed by atoms with E-state index in [1.165, 1.54) is 33.8 Å². The number of benzene rings is 1. The van der Waals surface area contributed by atoms with Crippen LogP contribution in [0.4, 0.5) is 10.1 Å². The molecule has 1 fully saturated rings. The molecule has 2 aromatic rings. The molecule has 0 radical (unpaired) electrons. The fourth-order valence-corrected chi connectivity index (χ4v) is 6.37.